The van der Waals surface area contributed by atoms with Crippen molar-refractivity contribution in [1.82, 2.24) is 10.2 Å². The number of hydrogen-bond acceptors (Lipinski definition) is 2. The molecule has 0 saturated carbocycles. The molecule has 0 spiro atoms. The Morgan fingerprint density at radius 2 is 2.20 bits per heavy atom. The summed E-state index contributed by atoms with van der Waals surface area (Å²) in [6.07, 6.45) is 1.75. The highest BCUT2D eigenvalue weighted by Crippen LogP contribution is 2.37. The molecule has 2 aliphatic rings. The summed E-state index contributed by atoms with van der Waals surface area (Å²) in [4.78, 5) is 14.6. The van der Waals surface area contributed by atoms with Gasteiger partial charge in [-0.25, -0.2) is 4.39 Å². The fourth-order valence-electron chi connectivity index (χ4n) is 3.43. The number of amides is 1. The molecule has 0 aromatic heterocycles. The van der Waals surface area contributed by atoms with E-state index in [0.29, 0.717) is 11.5 Å². The van der Waals surface area contributed by atoms with Crippen molar-refractivity contribution in [2.45, 2.75) is 25.8 Å². The van der Waals surface area contributed by atoms with Crippen LogP contribution in [0.4, 0.5) is 4.39 Å². The largest absolute Gasteiger partial charge is 0.335 e. The number of nitrogens with zero attached hydrogens (tertiary/aromatic N) is 1. The van der Waals surface area contributed by atoms with Crippen LogP contribution in [0.15, 0.2) is 24.3 Å². The van der Waals surface area contributed by atoms with Crippen molar-refractivity contribution in [3.8, 4) is 0 Å². The van der Waals surface area contributed by atoms with Crippen molar-refractivity contribution in [3.05, 3.63) is 35.6 Å². The number of halogens is 1. The normalized spacial score (nSPS) is 29.9. The topological polar surface area (TPSA) is 32.3 Å². The molecular weight excluding hydrogens is 255 g/mol. The molecule has 3 atom stereocenters. The molecule has 2 aliphatic heterocycles. The second kappa shape index (κ2) is 5.52. The molecule has 2 saturated heterocycles. The highest BCUT2D eigenvalue weighted by molar-refractivity contribution is 5.80. The molecule has 3 nitrogen and oxygen atoms in total. The second-order valence-corrected chi connectivity index (χ2v) is 6.06. The Morgan fingerprint density at radius 1 is 1.40 bits per heavy atom. The lowest BCUT2D eigenvalue weighted by molar-refractivity contribution is -0.136. The molecule has 0 bridgehead atoms. The molecule has 1 aromatic rings. The summed E-state index contributed by atoms with van der Waals surface area (Å²) >= 11 is 0. The molecule has 1 N–H and O–H groups in total. The van der Waals surface area contributed by atoms with Gasteiger partial charge in [0.1, 0.15) is 5.82 Å². The molecule has 4 heteroatoms. The fourth-order valence-corrected chi connectivity index (χ4v) is 3.43. The van der Waals surface area contributed by atoms with E-state index in [1.807, 2.05) is 17.0 Å². The highest BCUT2D eigenvalue weighted by atomic mass is 19.1. The minimum atomic E-state index is -0.200. The number of rotatable bonds is 2. The zero-order valence-corrected chi connectivity index (χ0v) is 11.8. The lowest BCUT2D eigenvalue weighted by Crippen LogP contribution is -2.37. The van der Waals surface area contributed by atoms with E-state index in [1.165, 1.54) is 6.07 Å². The van der Waals surface area contributed by atoms with Crippen LogP contribution >= 0.6 is 0 Å². The van der Waals surface area contributed by atoms with E-state index in [4.69, 9.17) is 0 Å². The van der Waals surface area contributed by atoms with Gasteiger partial charge in [0.2, 0.25) is 5.91 Å². The molecule has 2 heterocycles. The summed E-state index contributed by atoms with van der Waals surface area (Å²) in [5, 5.41) is 3.23. The minimum absolute atomic E-state index is 0.0644. The molecule has 0 radical (unpaired) electrons. The number of benzene rings is 1. The molecule has 0 unspecified atom stereocenters. The third-order valence-corrected chi connectivity index (χ3v) is 4.47. The van der Waals surface area contributed by atoms with Gasteiger partial charge in [-0.3, -0.25) is 4.79 Å². The van der Waals surface area contributed by atoms with Crippen LogP contribution in [0.2, 0.25) is 0 Å². The summed E-state index contributed by atoms with van der Waals surface area (Å²) in [7, 11) is 0. The third-order valence-electron chi connectivity index (χ3n) is 4.47. The fraction of sp³-hybridized carbons (Fsp3) is 0.562. The molecule has 2 fully saturated rings. The van der Waals surface area contributed by atoms with Crippen LogP contribution in [0.1, 0.15) is 31.4 Å². The van der Waals surface area contributed by atoms with E-state index in [1.54, 1.807) is 6.07 Å². The van der Waals surface area contributed by atoms with Gasteiger partial charge < -0.3 is 10.2 Å². The monoisotopic (exact) mass is 276 g/mol. The van der Waals surface area contributed by atoms with Gasteiger partial charge in [0.15, 0.2) is 0 Å². The Hall–Kier alpha value is -1.42. The van der Waals surface area contributed by atoms with E-state index >= 15 is 0 Å². The number of carbonyl (C=O) groups excluding carboxylic acids is 1. The highest BCUT2D eigenvalue weighted by Gasteiger charge is 2.38. The first kappa shape index (κ1) is 13.6. The predicted molar refractivity (Wildman–Crippen MR) is 75.6 cm³/mol. The van der Waals surface area contributed by atoms with E-state index in [2.05, 4.69) is 12.2 Å². The Labute approximate surface area is 119 Å². The van der Waals surface area contributed by atoms with Crippen LogP contribution in [-0.2, 0) is 4.79 Å². The Morgan fingerprint density at radius 3 is 2.90 bits per heavy atom. The summed E-state index contributed by atoms with van der Waals surface area (Å²) in [6, 6.07) is 6.74. The smallest absolute Gasteiger partial charge is 0.227 e. The van der Waals surface area contributed by atoms with Crippen molar-refractivity contribution in [2.75, 3.05) is 19.6 Å². The van der Waals surface area contributed by atoms with E-state index < -0.39 is 0 Å². The van der Waals surface area contributed by atoms with Gasteiger partial charge in [-0.1, -0.05) is 25.1 Å². The molecule has 1 amide bonds. The first-order valence-corrected chi connectivity index (χ1v) is 7.42. The molecule has 20 heavy (non-hydrogen) atoms. The van der Waals surface area contributed by atoms with Crippen molar-refractivity contribution in [2.24, 2.45) is 11.8 Å². The van der Waals surface area contributed by atoms with Gasteiger partial charge in [0.05, 0.1) is 12.0 Å². The van der Waals surface area contributed by atoms with Gasteiger partial charge in [-0.05, 0) is 31.4 Å². The van der Waals surface area contributed by atoms with Gasteiger partial charge in [-0.2, -0.15) is 0 Å². The average Bonchev–Trinajstić information content (AvgIpc) is 3.08. The Balaban J connectivity index is 1.85. The lowest BCUT2D eigenvalue weighted by Gasteiger charge is -2.27. The third kappa shape index (κ3) is 2.44. The van der Waals surface area contributed by atoms with Crippen LogP contribution in [0.3, 0.4) is 0 Å². The predicted octanol–water partition coefficient (Wildman–Crippen LogP) is 2.34. The Bertz CT molecular complexity index is 499. The van der Waals surface area contributed by atoms with Crippen LogP contribution in [-0.4, -0.2) is 30.4 Å². The van der Waals surface area contributed by atoms with Crippen LogP contribution in [0.25, 0.3) is 0 Å². The number of nitrogens with one attached hydrogen (secondary N) is 1. The quantitative estimate of drug-likeness (QED) is 0.899. The summed E-state index contributed by atoms with van der Waals surface area (Å²) < 4.78 is 14.0. The van der Waals surface area contributed by atoms with Crippen molar-refractivity contribution in [1.29, 1.82) is 0 Å². The van der Waals surface area contributed by atoms with E-state index in [9.17, 15) is 9.18 Å². The summed E-state index contributed by atoms with van der Waals surface area (Å²) in [6.45, 7) is 4.54. The Kier molecular flexibility index (Phi) is 3.74. The van der Waals surface area contributed by atoms with Crippen LogP contribution in [0.5, 0.6) is 0 Å². The van der Waals surface area contributed by atoms with E-state index in [0.717, 1.165) is 32.5 Å². The van der Waals surface area contributed by atoms with Gasteiger partial charge in [0.25, 0.3) is 0 Å². The van der Waals surface area contributed by atoms with Gasteiger partial charge >= 0.3 is 0 Å². The maximum atomic E-state index is 14.0. The zero-order valence-electron chi connectivity index (χ0n) is 11.8. The first-order valence-electron chi connectivity index (χ1n) is 7.42. The maximum Gasteiger partial charge on any atom is 0.227 e. The lowest BCUT2D eigenvalue weighted by atomic mass is 9.99. The maximum absolute atomic E-state index is 14.0. The first-order chi connectivity index (χ1) is 9.66. The number of likely N-dealkylation sites (tertiary alicyclic amines) is 1. The minimum Gasteiger partial charge on any atom is -0.335 e. The van der Waals surface area contributed by atoms with Gasteiger partial charge in [-0.15, -0.1) is 0 Å². The zero-order chi connectivity index (χ0) is 14.1. The molecule has 108 valence electrons. The van der Waals surface area contributed by atoms with Gasteiger partial charge in [0, 0.05) is 18.7 Å². The van der Waals surface area contributed by atoms with Crippen LogP contribution < -0.4 is 5.32 Å². The summed E-state index contributed by atoms with van der Waals surface area (Å²) in [5.41, 5.74) is 0.663. The molecular formula is C16H21FN2O. The molecule has 3 rings (SSSR count). The van der Waals surface area contributed by atoms with Crippen molar-refractivity contribution >= 4 is 5.91 Å². The van der Waals surface area contributed by atoms with E-state index in [-0.39, 0.29) is 23.7 Å². The van der Waals surface area contributed by atoms with Crippen LogP contribution in [0, 0.1) is 17.7 Å². The van der Waals surface area contributed by atoms with Crippen molar-refractivity contribution in [3.63, 3.8) is 0 Å². The SMILES string of the molecule is C[C@@H]1C[C@H](c2ccccc2F)N(C(=O)[C@@H]2CCNC2)C1. The molecule has 1 aromatic carbocycles. The average molecular weight is 276 g/mol. The van der Waals surface area contributed by atoms with Crippen molar-refractivity contribution < 1.29 is 9.18 Å². The second-order valence-electron chi connectivity index (χ2n) is 6.06. The summed E-state index contributed by atoms with van der Waals surface area (Å²) in [5.74, 6) is 0.481. The molecule has 0 aliphatic carbocycles. The standard InChI is InChI=1S/C16H21FN2O/c1-11-8-15(13-4-2-3-5-14(13)17)19(10-11)16(20)12-6-7-18-9-12/h2-5,11-12,15,18H,6-10H2,1H3/t11-,12-,15-/m1/s1. The number of hydrogen-bond donors (Lipinski definition) is 1. The number of carbonyl (C=O) groups is 1.